The predicted molar refractivity (Wildman–Crippen MR) is 98.0 cm³/mol. The number of hydrogen-bond donors (Lipinski definition) is 4. The van der Waals surface area contributed by atoms with E-state index in [4.69, 9.17) is 10.5 Å². The highest BCUT2D eigenvalue weighted by Gasteiger charge is 2.60. The van der Waals surface area contributed by atoms with Crippen LogP contribution in [0.3, 0.4) is 0 Å². The minimum atomic E-state index is -1.17. The fraction of sp³-hybridized carbons (Fsp3) is 0.600. The Hall–Kier alpha value is -2.11. The van der Waals surface area contributed by atoms with Gasteiger partial charge in [0.1, 0.15) is 5.82 Å². The van der Waals surface area contributed by atoms with Gasteiger partial charge in [-0.25, -0.2) is 9.18 Å². The fourth-order valence-electron chi connectivity index (χ4n) is 6.77. The second kappa shape index (κ2) is 5.44. The summed E-state index contributed by atoms with van der Waals surface area (Å²) in [4.78, 5) is 10.9. The van der Waals surface area contributed by atoms with Crippen molar-refractivity contribution in [1.82, 2.24) is 5.32 Å². The highest BCUT2D eigenvalue weighted by atomic mass is 19.1. The molecule has 5 rings (SSSR count). The van der Waals surface area contributed by atoms with Crippen LogP contribution in [0, 0.1) is 28.0 Å². The summed E-state index contributed by atoms with van der Waals surface area (Å²) in [6.45, 7) is 4.74. The van der Waals surface area contributed by atoms with Gasteiger partial charge in [0.05, 0.1) is 11.3 Å². The number of guanidine groups is 1. The Balaban J connectivity index is 1.50. The molecule has 0 saturated heterocycles. The molecule has 0 spiro atoms. The first-order valence-corrected chi connectivity index (χ1v) is 9.26. The van der Waals surface area contributed by atoms with Crippen molar-refractivity contribution in [2.24, 2.45) is 16.7 Å². The first kappa shape index (κ1) is 17.3. The van der Waals surface area contributed by atoms with E-state index in [-0.39, 0.29) is 22.7 Å². The van der Waals surface area contributed by atoms with Gasteiger partial charge in [-0.3, -0.25) is 5.41 Å². The molecule has 26 heavy (non-hydrogen) atoms. The maximum atomic E-state index is 14.1. The molecule has 4 fully saturated rings. The number of benzene rings is 1. The van der Waals surface area contributed by atoms with Gasteiger partial charge >= 0.3 is 5.97 Å². The lowest BCUT2D eigenvalue weighted by Gasteiger charge is -2.65. The molecular weight excluding hydrogens is 333 g/mol. The third kappa shape index (κ3) is 2.95. The first-order chi connectivity index (χ1) is 12.1. The molecule has 4 atom stereocenters. The highest BCUT2D eigenvalue weighted by Crippen LogP contribution is 2.66. The zero-order valence-corrected chi connectivity index (χ0v) is 15.3. The molecule has 4 aliphatic rings. The Kier molecular flexibility index (Phi) is 3.62. The summed E-state index contributed by atoms with van der Waals surface area (Å²) in [5, 5.41) is 23.4. The lowest BCUT2D eigenvalue weighted by molar-refractivity contribution is -0.111. The fourth-order valence-corrected chi connectivity index (χ4v) is 6.77. The second-order valence-corrected chi connectivity index (χ2v) is 9.54. The van der Waals surface area contributed by atoms with Gasteiger partial charge in [-0.2, -0.15) is 0 Å². The minimum Gasteiger partial charge on any atom is -0.478 e. The molecule has 1 aromatic rings. The molecule has 140 valence electrons. The van der Waals surface area contributed by atoms with Gasteiger partial charge in [0.2, 0.25) is 0 Å². The number of anilines is 1. The number of nitrogens with one attached hydrogen (secondary N) is 3. The van der Waals surface area contributed by atoms with E-state index in [0.717, 1.165) is 25.3 Å². The van der Waals surface area contributed by atoms with Crippen molar-refractivity contribution in [3.63, 3.8) is 0 Å². The number of carboxylic acids is 1. The van der Waals surface area contributed by atoms with E-state index in [1.54, 1.807) is 0 Å². The van der Waals surface area contributed by atoms with Crippen molar-refractivity contribution >= 4 is 17.6 Å². The van der Waals surface area contributed by atoms with Gasteiger partial charge in [0.25, 0.3) is 0 Å². The Morgan fingerprint density at radius 2 is 1.85 bits per heavy atom. The van der Waals surface area contributed by atoms with Gasteiger partial charge in [-0.1, -0.05) is 13.8 Å². The molecule has 0 aliphatic heterocycles. The summed E-state index contributed by atoms with van der Waals surface area (Å²) in [5.74, 6) is -1.05. The molecule has 4 N–H and O–H groups in total. The summed E-state index contributed by atoms with van der Waals surface area (Å²) < 4.78 is 14.1. The maximum Gasteiger partial charge on any atom is 0.335 e. The third-order valence-electron chi connectivity index (χ3n) is 6.49. The lowest BCUT2D eigenvalue weighted by atomic mass is 9.43. The van der Waals surface area contributed by atoms with Crippen LogP contribution in [0.4, 0.5) is 10.1 Å². The monoisotopic (exact) mass is 359 g/mol. The summed E-state index contributed by atoms with van der Waals surface area (Å²) in [6.07, 6.45) is 6.98. The van der Waals surface area contributed by atoms with E-state index in [1.165, 1.54) is 31.4 Å². The molecule has 4 aliphatic carbocycles. The number of carboxylic acid groups (broad SMARTS) is 1. The van der Waals surface area contributed by atoms with Crippen LogP contribution in [0.1, 0.15) is 62.7 Å². The zero-order chi connectivity index (χ0) is 18.7. The predicted octanol–water partition coefficient (Wildman–Crippen LogP) is 4.21. The standard InChI is InChI=1S/C20H26FN3O2/c1-18-6-12-7-19(2,9-18)11-20(8-12,10-18)24-17(22)23-15-4-3-13(16(25)26)5-14(15)21/h3-5,12H,6-11H2,1-2H3,(H,25,26)(H3,22,23,24)/t12?,18-,19+,20?. The van der Waals surface area contributed by atoms with Crippen LogP contribution in [0.15, 0.2) is 18.2 Å². The molecule has 0 radical (unpaired) electrons. The van der Waals surface area contributed by atoms with Crippen molar-refractivity contribution in [3.05, 3.63) is 29.6 Å². The summed E-state index contributed by atoms with van der Waals surface area (Å²) in [6, 6.07) is 3.69. The summed E-state index contributed by atoms with van der Waals surface area (Å²) in [5.41, 5.74) is 0.583. The first-order valence-electron chi connectivity index (χ1n) is 9.26. The third-order valence-corrected chi connectivity index (χ3v) is 6.49. The van der Waals surface area contributed by atoms with Gasteiger partial charge < -0.3 is 15.7 Å². The number of rotatable bonds is 3. The summed E-state index contributed by atoms with van der Waals surface area (Å²) in [7, 11) is 0. The topological polar surface area (TPSA) is 85.2 Å². The lowest BCUT2D eigenvalue weighted by Crippen LogP contribution is -2.65. The second-order valence-electron chi connectivity index (χ2n) is 9.54. The molecule has 0 amide bonds. The van der Waals surface area contributed by atoms with Gasteiger partial charge in [0, 0.05) is 5.54 Å². The molecule has 6 heteroatoms. The number of halogens is 1. The van der Waals surface area contributed by atoms with Crippen molar-refractivity contribution in [2.75, 3.05) is 5.32 Å². The average Bonchev–Trinajstić information content (AvgIpc) is 2.44. The van der Waals surface area contributed by atoms with Gasteiger partial charge in [-0.05, 0) is 73.5 Å². The van der Waals surface area contributed by atoms with Crippen LogP contribution < -0.4 is 10.6 Å². The molecule has 0 aromatic heterocycles. The number of aromatic carboxylic acids is 1. The smallest absolute Gasteiger partial charge is 0.335 e. The van der Waals surface area contributed by atoms with E-state index in [0.29, 0.717) is 16.7 Å². The average molecular weight is 359 g/mol. The highest BCUT2D eigenvalue weighted by molar-refractivity contribution is 5.93. The molecule has 4 bridgehead atoms. The van der Waals surface area contributed by atoms with Crippen LogP contribution in [-0.2, 0) is 0 Å². The van der Waals surface area contributed by atoms with E-state index in [9.17, 15) is 9.18 Å². The summed E-state index contributed by atoms with van der Waals surface area (Å²) >= 11 is 0. The number of carbonyl (C=O) groups is 1. The van der Waals surface area contributed by atoms with Gasteiger partial charge in [-0.15, -0.1) is 0 Å². The van der Waals surface area contributed by atoms with Crippen LogP contribution in [-0.4, -0.2) is 22.6 Å². The Morgan fingerprint density at radius 1 is 1.19 bits per heavy atom. The van der Waals surface area contributed by atoms with E-state index in [1.807, 2.05) is 0 Å². The molecule has 1 aromatic carbocycles. The SMILES string of the molecule is C[C@]12CC3CC(NC(=N)Nc4ccc(C(=O)O)cc4F)(C1)C[C@@](C)(C3)C2. The Bertz CT molecular complexity index is 775. The normalized spacial score (nSPS) is 37.4. The van der Waals surface area contributed by atoms with Crippen molar-refractivity contribution in [1.29, 1.82) is 5.41 Å². The molecule has 2 unspecified atom stereocenters. The van der Waals surface area contributed by atoms with Crippen LogP contribution in [0.2, 0.25) is 0 Å². The Labute approximate surface area is 152 Å². The van der Waals surface area contributed by atoms with Gasteiger partial charge in [0.15, 0.2) is 5.96 Å². The van der Waals surface area contributed by atoms with Crippen LogP contribution in [0.25, 0.3) is 0 Å². The van der Waals surface area contributed by atoms with Crippen molar-refractivity contribution in [2.45, 2.75) is 57.9 Å². The largest absolute Gasteiger partial charge is 0.478 e. The molecule has 4 saturated carbocycles. The quantitative estimate of drug-likeness (QED) is 0.481. The van der Waals surface area contributed by atoms with Crippen molar-refractivity contribution in [3.8, 4) is 0 Å². The maximum absolute atomic E-state index is 14.1. The zero-order valence-electron chi connectivity index (χ0n) is 15.3. The van der Waals surface area contributed by atoms with Crippen molar-refractivity contribution < 1.29 is 14.3 Å². The number of hydrogen-bond acceptors (Lipinski definition) is 2. The molecular formula is C20H26FN3O2. The van der Waals surface area contributed by atoms with Crippen LogP contribution in [0.5, 0.6) is 0 Å². The minimum absolute atomic E-state index is 0.0844. The van der Waals surface area contributed by atoms with Crippen LogP contribution >= 0.6 is 0 Å². The van der Waals surface area contributed by atoms with E-state index >= 15 is 0 Å². The van der Waals surface area contributed by atoms with E-state index in [2.05, 4.69) is 24.5 Å². The van der Waals surface area contributed by atoms with E-state index < -0.39 is 11.8 Å². The Morgan fingerprint density at radius 3 is 2.38 bits per heavy atom. The molecule has 0 heterocycles. The molecule has 5 nitrogen and oxygen atoms in total.